The van der Waals surface area contributed by atoms with E-state index in [4.69, 9.17) is 4.74 Å². The fraction of sp³-hybridized carbons (Fsp3) is 0.294. The first-order chi connectivity index (χ1) is 10.4. The molecule has 0 aliphatic carbocycles. The van der Waals surface area contributed by atoms with E-state index in [9.17, 15) is 8.42 Å². The minimum atomic E-state index is -3.34. The van der Waals surface area contributed by atoms with Crippen LogP contribution in [-0.2, 0) is 15.8 Å². The highest BCUT2D eigenvalue weighted by atomic mass is 32.2. The summed E-state index contributed by atoms with van der Waals surface area (Å²) >= 11 is 0. The Morgan fingerprint density at radius 2 is 1.68 bits per heavy atom. The zero-order valence-corrected chi connectivity index (χ0v) is 13.7. The van der Waals surface area contributed by atoms with Gasteiger partial charge in [0, 0.05) is 6.54 Å². The molecule has 0 aliphatic heterocycles. The minimum Gasteiger partial charge on any atom is -0.492 e. The van der Waals surface area contributed by atoms with Crippen LogP contribution >= 0.6 is 0 Å². The maximum absolute atomic E-state index is 12.0. The molecule has 2 aromatic carbocycles. The fourth-order valence-electron chi connectivity index (χ4n) is 2.14. The first kappa shape index (κ1) is 16.5. The molecule has 22 heavy (non-hydrogen) atoms. The van der Waals surface area contributed by atoms with Crippen LogP contribution in [0.3, 0.4) is 0 Å². The quantitative estimate of drug-likeness (QED) is 0.799. The first-order valence-corrected chi connectivity index (χ1v) is 8.82. The highest BCUT2D eigenvalue weighted by Crippen LogP contribution is 2.12. The fourth-order valence-corrected chi connectivity index (χ4v) is 3.26. The first-order valence-electron chi connectivity index (χ1n) is 7.17. The Labute approximate surface area is 132 Å². The lowest BCUT2D eigenvalue weighted by Gasteiger charge is -2.09. The van der Waals surface area contributed by atoms with Crippen LogP contribution in [0.25, 0.3) is 0 Å². The number of aryl methyl sites for hydroxylation is 2. The Hall–Kier alpha value is -1.85. The van der Waals surface area contributed by atoms with Crippen molar-refractivity contribution in [2.45, 2.75) is 19.6 Å². The zero-order chi connectivity index (χ0) is 16.0. The molecule has 0 saturated heterocycles. The highest BCUT2D eigenvalue weighted by Gasteiger charge is 2.11. The third kappa shape index (κ3) is 5.50. The van der Waals surface area contributed by atoms with E-state index in [2.05, 4.69) is 4.72 Å². The van der Waals surface area contributed by atoms with E-state index in [0.717, 1.165) is 22.4 Å². The van der Waals surface area contributed by atoms with Crippen molar-refractivity contribution >= 4 is 10.0 Å². The standard InChI is InChI=1S/C17H21NO3S/c1-14-5-3-7-16(11-14)13-22(19,20)18-9-10-21-17-8-4-6-15(2)12-17/h3-8,11-12,18H,9-10,13H2,1-2H3. The number of benzene rings is 2. The average molecular weight is 319 g/mol. The Kier molecular flexibility index (Phi) is 5.57. The van der Waals surface area contributed by atoms with Gasteiger partial charge in [0.15, 0.2) is 0 Å². The lowest BCUT2D eigenvalue weighted by molar-refractivity contribution is 0.322. The van der Waals surface area contributed by atoms with Crippen LogP contribution < -0.4 is 9.46 Å². The van der Waals surface area contributed by atoms with Gasteiger partial charge in [-0.25, -0.2) is 13.1 Å². The number of rotatable bonds is 7. The second kappa shape index (κ2) is 7.42. The van der Waals surface area contributed by atoms with Crippen molar-refractivity contribution in [3.8, 4) is 5.75 Å². The smallest absolute Gasteiger partial charge is 0.215 e. The van der Waals surface area contributed by atoms with Gasteiger partial charge in [0.05, 0.1) is 5.75 Å². The number of hydrogen-bond acceptors (Lipinski definition) is 3. The SMILES string of the molecule is Cc1cccc(CS(=O)(=O)NCCOc2cccc(C)c2)c1. The summed E-state index contributed by atoms with van der Waals surface area (Å²) in [6.45, 7) is 4.48. The molecule has 0 spiro atoms. The summed E-state index contributed by atoms with van der Waals surface area (Å²) in [4.78, 5) is 0. The van der Waals surface area contributed by atoms with Gasteiger partial charge in [-0.1, -0.05) is 42.0 Å². The van der Waals surface area contributed by atoms with Crippen molar-refractivity contribution in [2.24, 2.45) is 0 Å². The monoisotopic (exact) mass is 319 g/mol. The Balaban J connectivity index is 1.80. The molecule has 4 nitrogen and oxygen atoms in total. The molecule has 2 rings (SSSR count). The molecular formula is C17H21NO3S. The van der Waals surface area contributed by atoms with Crippen molar-refractivity contribution in [3.63, 3.8) is 0 Å². The Morgan fingerprint density at radius 1 is 1.00 bits per heavy atom. The molecule has 0 radical (unpaired) electrons. The van der Waals surface area contributed by atoms with E-state index in [0.29, 0.717) is 6.61 Å². The summed E-state index contributed by atoms with van der Waals surface area (Å²) < 4.78 is 32.1. The molecule has 0 atom stereocenters. The van der Waals surface area contributed by atoms with Gasteiger partial charge in [0.1, 0.15) is 12.4 Å². The zero-order valence-electron chi connectivity index (χ0n) is 12.9. The van der Waals surface area contributed by atoms with Gasteiger partial charge < -0.3 is 4.74 Å². The van der Waals surface area contributed by atoms with Crippen molar-refractivity contribution < 1.29 is 13.2 Å². The van der Waals surface area contributed by atoms with Gasteiger partial charge in [-0.2, -0.15) is 0 Å². The summed E-state index contributed by atoms with van der Waals surface area (Å²) in [6, 6.07) is 15.2. The van der Waals surface area contributed by atoms with Crippen molar-refractivity contribution in [2.75, 3.05) is 13.2 Å². The normalized spacial score (nSPS) is 11.4. The molecule has 0 bridgehead atoms. The van der Waals surface area contributed by atoms with Crippen LogP contribution in [0.5, 0.6) is 5.75 Å². The number of hydrogen-bond donors (Lipinski definition) is 1. The van der Waals surface area contributed by atoms with Crippen LogP contribution in [0.1, 0.15) is 16.7 Å². The van der Waals surface area contributed by atoms with E-state index in [1.165, 1.54) is 0 Å². The second-order valence-electron chi connectivity index (χ2n) is 5.31. The highest BCUT2D eigenvalue weighted by molar-refractivity contribution is 7.88. The van der Waals surface area contributed by atoms with E-state index >= 15 is 0 Å². The summed E-state index contributed by atoms with van der Waals surface area (Å²) in [6.07, 6.45) is 0. The Morgan fingerprint density at radius 3 is 2.36 bits per heavy atom. The third-order valence-electron chi connectivity index (χ3n) is 3.12. The molecular weight excluding hydrogens is 298 g/mol. The van der Waals surface area contributed by atoms with E-state index in [-0.39, 0.29) is 12.3 Å². The van der Waals surface area contributed by atoms with Gasteiger partial charge in [-0.05, 0) is 37.1 Å². The van der Waals surface area contributed by atoms with Gasteiger partial charge in [-0.3, -0.25) is 0 Å². The molecule has 0 saturated carbocycles. The third-order valence-corrected chi connectivity index (χ3v) is 4.48. The van der Waals surface area contributed by atoms with Crippen LogP contribution in [0.2, 0.25) is 0 Å². The van der Waals surface area contributed by atoms with E-state index in [1.807, 2.05) is 62.4 Å². The molecule has 2 aromatic rings. The van der Waals surface area contributed by atoms with Crippen molar-refractivity contribution in [1.82, 2.24) is 4.72 Å². The number of nitrogens with one attached hydrogen (secondary N) is 1. The lowest BCUT2D eigenvalue weighted by Crippen LogP contribution is -2.29. The van der Waals surface area contributed by atoms with Crippen LogP contribution in [0.15, 0.2) is 48.5 Å². The topological polar surface area (TPSA) is 55.4 Å². The molecule has 0 heterocycles. The molecule has 0 unspecified atom stereocenters. The predicted octanol–water partition coefficient (Wildman–Crippen LogP) is 2.80. The molecule has 5 heteroatoms. The van der Waals surface area contributed by atoms with Crippen LogP contribution in [0.4, 0.5) is 0 Å². The molecule has 0 aliphatic rings. The van der Waals surface area contributed by atoms with Crippen molar-refractivity contribution in [1.29, 1.82) is 0 Å². The summed E-state index contributed by atoms with van der Waals surface area (Å²) in [7, 11) is -3.34. The summed E-state index contributed by atoms with van der Waals surface area (Å²) in [5.41, 5.74) is 2.94. The van der Waals surface area contributed by atoms with Gasteiger partial charge in [-0.15, -0.1) is 0 Å². The number of sulfonamides is 1. The molecule has 1 N–H and O–H groups in total. The molecule has 0 aromatic heterocycles. The summed E-state index contributed by atoms with van der Waals surface area (Å²) in [5, 5.41) is 0. The average Bonchev–Trinajstić information content (AvgIpc) is 2.43. The van der Waals surface area contributed by atoms with Crippen LogP contribution in [0, 0.1) is 13.8 Å². The Bertz CT molecular complexity index is 726. The summed E-state index contributed by atoms with van der Waals surface area (Å²) in [5.74, 6) is 0.733. The molecule has 0 amide bonds. The molecule has 118 valence electrons. The van der Waals surface area contributed by atoms with Gasteiger partial charge >= 0.3 is 0 Å². The van der Waals surface area contributed by atoms with Gasteiger partial charge in [0.25, 0.3) is 0 Å². The maximum Gasteiger partial charge on any atom is 0.215 e. The van der Waals surface area contributed by atoms with E-state index < -0.39 is 10.0 Å². The maximum atomic E-state index is 12.0. The van der Waals surface area contributed by atoms with E-state index in [1.54, 1.807) is 0 Å². The van der Waals surface area contributed by atoms with Crippen molar-refractivity contribution in [3.05, 3.63) is 65.2 Å². The number of ether oxygens (including phenoxy) is 1. The van der Waals surface area contributed by atoms with Crippen LogP contribution in [-0.4, -0.2) is 21.6 Å². The predicted molar refractivity (Wildman–Crippen MR) is 88.5 cm³/mol. The lowest BCUT2D eigenvalue weighted by atomic mass is 10.2. The molecule has 0 fully saturated rings. The minimum absolute atomic E-state index is 0.0148. The second-order valence-corrected chi connectivity index (χ2v) is 7.11. The largest absolute Gasteiger partial charge is 0.492 e. The van der Waals surface area contributed by atoms with Gasteiger partial charge in [0.2, 0.25) is 10.0 Å².